The molecule has 0 bridgehead atoms. The number of nitrogens with zero attached hydrogens (tertiary/aromatic N) is 3. The number of aromatic nitrogens is 2. The van der Waals surface area contributed by atoms with Gasteiger partial charge in [-0.3, -0.25) is 0 Å². The number of benzene rings is 1. The van der Waals surface area contributed by atoms with Gasteiger partial charge in [0.2, 0.25) is 0 Å². The highest BCUT2D eigenvalue weighted by Crippen LogP contribution is 2.27. The molecule has 1 aromatic carbocycles. The van der Waals surface area contributed by atoms with Crippen LogP contribution in [0, 0.1) is 12.8 Å². The number of hydrogen-bond acceptors (Lipinski definition) is 4. The minimum atomic E-state index is 0.687. The molecule has 0 amide bonds. The summed E-state index contributed by atoms with van der Waals surface area (Å²) in [5.74, 6) is 3.26. The Labute approximate surface area is 136 Å². The van der Waals surface area contributed by atoms with Crippen molar-refractivity contribution in [2.75, 3.05) is 23.3 Å². The van der Waals surface area contributed by atoms with Crippen molar-refractivity contribution in [1.82, 2.24) is 9.97 Å². The number of aryl methyl sites for hydroxylation is 1. The van der Waals surface area contributed by atoms with Crippen LogP contribution in [0.2, 0.25) is 5.02 Å². The number of anilines is 3. The van der Waals surface area contributed by atoms with E-state index < -0.39 is 0 Å². The fourth-order valence-electron chi connectivity index (χ4n) is 2.88. The van der Waals surface area contributed by atoms with Crippen LogP contribution in [0.4, 0.5) is 17.3 Å². The Bertz CT molecular complexity index is 659. The average molecular weight is 317 g/mol. The normalized spacial score (nSPS) is 18.3. The summed E-state index contributed by atoms with van der Waals surface area (Å²) < 4.78 is 0. The minimum absolute atomic E-state index is 0.687. The Morgan fingerprint density at radius 1 is 1.27 bits per heavy atom. The topological polar surface area (TPSA) is 41.1 Å². The molecule has 2 aromatic rings. The van der Waals surface area contributed by atoms with Crippen molar-refractivity contribution >= 4 is 28.9 Å². The van der Waals surface area contributed by atoms with Crippen LogP contribution in [0.3, 0.4) is 0 Å². The lowest BCUT2D eigenvalue weighted by molar-refractivity contribution is 0.444. The molecular weight excluding hydrogens is 296 g/mol. The summed E-state index contributed by atoms with van der Waals surface area (Å²) in [6, 6.07) is 9.69. The molecule has 22 heavy (non-hydrogen) atoms. The fourth-order valence-corrected chi connectivity index (χ4v) is 3.06. The Balaban J connectivity index is 1.85. The predicted molar refractivity (Wildman–Crippen MR) is 92.1 cm³/mol. The molecule has 4 nitrogen and oxygen atoms in total. The summed E-state index contributed by atoms with van der Waals surface area (Å²) in [7, 11) is 0. The monoisotopic (exact) mass is 316 g/mol. The summed E-state index contributed by atoms with van der Waals surface area (Å²) >= 11 is 6.21. The van der Waals surface area contributed by atoms with E-state index in [1.807, 2.05) is 37.3 Å². The van der Waals surface area contributed by atoms with E-state index in [2.05, 4.69) is 27.1 Å². The zero-order valence-corrected chi connectivity index (χ0v) is 13.8. The van der Waals surface area contributed by atoms with Crippen LogP contribution in [-0.2, 0) is 0 Å². The molecule has 0 spiro atoms. The quantitative estimate of drug-likeness (QED) is 0.910. The molecule has 116 valence electrons. The summed E-state index contributed by atoms with van der Waals surface area (Å²) in [4.78, 5) is 11.4. The number of para-hydroxylation sites is 1. The third-order valence-electron chi connectivity index (χ3n) is 3.94. The van der Waals surface area contributed by atoms with E-state index in [4.69, 9.17) is 11.6 Å². The molecule has 2 heterocycles. The van der Waals surface area contributed by atoms with Gasteiger partial charge in [-0.05, 0) is 37.8 Å². The summed E-state index contributed by atoms with van der Waals surface area (Å²) in [5, 5.41) is 3.98. The van der Waals surface area contributed by atoms with E-state index in [-0.39, 0.29) is 0 Å². The van der Waals surface area contributed by atoms with Crippen molar-refractivity contribution < 1.29 is 0 Å². The smallest absolute Gasteiger partial charge is 0.136 e. The molecular formula is C17H21ClN4. The first-order chi connectivity index (χ1) is 10.6. The standard InChI is InChI=1S/C17H21ClN4/c1-12-6-5-9-22(11-12)17-10-16(19-13(2)20-17)21-15-8-4-3-7-14(15)18/h3-4,7-8,10,12H,5-6,9,11H2,1-2H3,(H,19,20,21). The SMILES string of the molecule is Cc1nc(Nc2ccccc2Cl)cc(N2CCCC(C)C2)n1. The Morgan fingerprint density at radius 2 is 2.09 bits per heavy atom. The highest BCUT2D eigenvalue weighted by atomic mass is 35.5. The molecule has 1 aliphatic heterocycles. The van der Waals surface area contributed by atoms with Gasteiger partial charge >= 0.3 is 0 Å². The van der Waals surface area contributed by atoms with E-state index in [0.717, 1.165) is 36.2 Å². The van der Waals surface area contributed by atoms with Crippen LogP contribution < -0.4 is 10.2 Å². The van der Waals surface area contributed by atoms with E-state index in [9.17, 15) is 0 Å². The van der Waals surface area contributed by atoms with Gasteiger partial charge in [-0.25, -0.2) is 9.97 Å². The van der Waals surface area contributed by atoms with Gasteiger partial charge in [0, 0.05) is 19.2 Å². The van der Waals surface area contributed by atoms with Gasteiger partial charge < -0.3 is 10.2 Å². The number of rotatable bonds is 3. The van der Waals surface area contributed by atoms with Crippen molar-refractivity contribution in [2.45, 2.75) is 26.7 Å². The lowest BCUT2D eigenvalue weighted by Crippen LogP contribution is -2.35. The zero-order valence-electron chi connectivity index (χ0n) is 13.0. The predicted octanol–water partition coefficient (Wildman–Crippen LogP) is 4.42. The third-order valence-corrected chi connectivity index (χ3v) is 4.27. The second-order valence-electron chi connectivity index (χ2n) is 5.96. The van der Waals surface area contributed by atoms with Crippen LogP contribution in [0.15, 0.2) is 30.3 Å². The molecule has 1 atom stereocenters. The van der Waals surface area contributed by atoms with Crippen molar-refractivity contribution in [3.8, 4) is 0 Å². The van der Waals surface area contributed by atoms with Gasteiger partial charge in [-0.1, -0.05) is 30.7 Å². The summed E-state index contributed by atoms with van der Waals surface area (Å²) in [5.41, 5.74) is 0.861. The molecule has 1 N–H and O–H groups in total. The van der Waals surface area contributed by atoms with Gasteiger partial charge in [-0.2, -0.15) is 0 Å². The van der Waals surface area contributed by atoms with Crippen LogP contribution in [0.1, 0.15) is 25.6 Å². The largest absolute Gasteiger partial charge is 0.356 e. The number of nitrogens with one attached hydrogen (secondary N) is 1. The number of hydrogen-bond donors (Lipinski definition) is 1. The first-order valence-electron chi connectivity index (χ1n) is 7.74. The van der Waals surface area contributed by atoms with Crippen LogP contribution >= 0.6 is 11.6 Å². The molecule has 0 aliphatic carbocycles. The maximum Gasteiger partial charge on any atom is 0.136 e. The highest BCUT2D eigenvalue weighted by Gasteiger charge is 2.18. The van der Waals surface area contributed by atoms with E-state index in [1.165, 1.54) is 12.8 Å². The number of halogens is 1. The highest BCUT2D eigenvalue weighted by molar-refractivity contribution is 6.33. The van der Waals surface area contributed by atoms with Crippen molar-refractivity contribution in [2.24, 2.45) is 5.92 Å². The van der Waals surface area contributed by atoms with Crippen LogP contribution in [-0.4, -0.2) is 23.1 Å². The van der Waals surface area contributed by atoms with Crippen LogP contribution in [0.5, 0.6) is 0 Å². The van der Waals surface area contributed by atoms with Crippen molar-refractivity contribution in [3.05, 3.63) is 41.2 Å². The second-order valence-corrected chi connectivity index (χ2v) is 6.36. The first-order valence-corrected chi connectivity index (χ1v) is 8.12. The Hall–Kier alpha value is -1.81. The van der Waals surface area contributed by atoms with E-state index in [0.29, 0.717) is 10.9 Å². The van der Waals surface area contributed by atoms with E-state index in [1.54, 1.807) is 0 Å². The van der Waals surface area contributed by atoms with Crippen LogP contribution in [0.25, 0.3) is 0 Å². The molecule has 3 rings (SSSR count). The van der Waals surface area contributed by atoms with Crippen molar-refractivity contribution in [1.29, 1.82) is 0 Å². The van der Waals surface area contributed by atoms with Gasteiger partial charge in [-0.15, -0.1) is 0 Å². The van der Waals surface area contributed by atoms with Crippen molar-refractivity contribution in [3.63, 3.8) is 0 Å². The van der Waals surface area contributed by atoms with Gasteiger partial charge in [0.15, 0.2) is 0 Å². The summed E-state index contributed by atoms with van der Waals surface area (Å²) in [6.45, 7) is 6.34. The molecule has 0 saturated carbocycles. The minimum Gasteiger partial charge on any atom is -0.356 e. The first kappa shape index (κ1) is 15.1. The Morgan fingerprint density at radius 3 is 2.86 bits per heavy atom. The molecule has 1 fully saturated rings. The van der Waals surface area contributed by atoms with Gasteiger partial charge in [0.05, 0.1) is 10.7 Å². The maximum atomic E-state index is 6.21. The van der Waals surface area contributed by atoms with Gasteiger partial charge in [0.25, 0.3) is 0 Å². The maximum absolute atomic E-state index is 6.21. The molecule has 1 aliphatic rings. The van der Waals surface area contributed by atoms with Gasteiger partial charge in [0.1, 0.15) is 17.5 Å². The molecule has 1 unspecified atom stereocenters. The second kappa shape index (κ2) is 6.53. The fraction of sp³-hybridized carbons (Fsp3) is 0.412. The molecule has 1 saturated heterocycles. The lowest BCUT2D eigenvalue weighted by Gasteiger charge is -2.32. The zero-order chi connectivity index (χ0) is 15.5. The molecule has 1 aromatic heterocycles. The third kappa shape index (κ3) is 3.50. The average Bonchev–Trinajstić information content (AvgIpc) is 2.49. The number of piperidine rings is 1. The molecule has 0 radical (unpaired) electrons. The summed E-state index contributed by atoms with van der Waals surface area (Å²) in [6.07, 6.45) is 2.52. The molecule has 5 heteroatoms. The van der Waals surface area contributed by atoms with E-state index >= 15 is 0 Å². The lowest BCUT2D eigenvalue weighted by atomic mass is 10.0. The Kier molecular flexibility index (Phi) is 4.48.